The molecule has 0 radical (unpaired) electrons. The summed E-state index contributed by atoms with van der Waals surface area (Å²) in [6.45, 7) is 2.92. The fourth-order valence-electron chi connectivity index (χ4n) is 4.27. The molecule has 4 rings (SSSR count). The number of nitrogens with zero attached hydrogens (tertiary/aromatic N) is 2. The monoisotopic (exact) mass is 538 g/mol. The first kappa shape index (κ1) is 21.9. The molecular weight excluding hydrogens is 514 g/mol. The Hall–Kier alpha value is -2.27. The Kier molecular flexibility index (Phi) is 6.42. The minimum absolute atomic E-state index is 0.0325. The predicted octanol–water partition coefficient (Wildman–Crippen LogP) is 3.47. The summed E-state index contributed by atoms with van der Waals surface area (Å²) in [5.74, 6) is -0.968. The lowest BCUT2D eigenvalue weighted by Gasteiger charge is -2.53. The van der Waals surface area contributed by atoms with Gasteiger partial charge in [0, 0.05) is 16.7 Å². The number of halogens is 2. The van der Waals surface area contributed by atoms with Gasteiger partial charge in [-0.1, -0.05) is 6.42 Å². The maximum absolute atomic E-state index is 14.3. The lowest BCUT2D eigenvalue weighted by Crippen LogP contribution is -2.73. The van der Waals surface area contributed by atoms with Crippen LogP contribution in [-0.4, -0.2) is 53.0 Å². The molecule has 0 aliphatic carbocycles. The summed E-state index contributed by atoms with van der Waals surface area (Å²) in [4.78, 5) is 30.7. The first-order chi connectivity index (χ1) is 14.9. The molecule has 7 nitrogen and oxygen atoms in total. The van der Waals surface area contributed by atoms with Crippen molar-refractivity contribution in [3.8, 4) is 0 Å². The van der Waals surface area contributed by atoms with Gasteiger partial charge < -0.3 is 20.3 Å². The van der Waals surface area contributed by atoms with Crippen molar-refractivity contribution in [1.29, 1.82) is 0 Å². The van der Waals surface area contributed by atoms with Crippen molar-refractivity contribution in [2.45, 2.75) is 37.8 Å². The van der Waals surface area contributed by atoms with Crippen molar-refractivity contribution in [2.75, 3.05) is 25.0 Å². The standard InChI is InChI=1S/C22H24FIN4O3/c1-14(29)31-22(20-4-2-3-8-26-20)12-28(13-22)21(30)16-7-9-25-11-19(16)27-18-6-5-15(24)10-17(18)23/h5-7,9-11,20,26-27H,2-4,8,12-13H2,1H3. The molecule has 31 heavy (non-hydrogen) atoms. The third-order valence-electron chi connectivity index (χ3n) is 5.75. The van der Waals surface area contributed by atoms with Gasteiger partial charge in [0.2, 0.25) is 0 Å². The summed E-state index contributed by atoms with van der Waals surface area (Å²) < 4.78 is 20.8. The third kappa shape index (κ3) is 4.67. The number of hydrogen-bond donors (Lipinski definition) is 2. The molecule has 2 fully saturated rings. The van der Waals surface area contributed by atoms with Gasteiger partial charge in [-0.15, -0.1) is 0 Å². The number of carbonyl (C=O) groups is 2. The van der Waals surface area contributed by atoms with Crippen LogP contribution in [0.1, 0.15) is 36.5 Å². The molecule has 1 amide bonds. The second-order valence-corrected chi connectivity index (χ2v) is 9.24. The van der Waals surface area contributed by atoms with Gasteiger partial charge in [-0.3, -0.25) is 14.6 Å². The van der Waals surface area contributed by atoms with Crippen LogP contribution in [0, 0.1) is 9.39 Å². The second kappa shape index (κ2) is 9.07. The van der Waals surface area contributed by atoms with Gasteiger partial charge in [-0.05, 0) is 66.2 Å². The van der Waals surface area contributed by atoms with Crippen molar-refractivity contribution in [3.05, 3.63) is 51.6 Å². The van der Waals surface area contributed by atoms with Crippen LogP contribution in [0.25, 0.3) is 0 Å². The van der Waals surface area contributed by atoms with E-state index >= 15 is 0 Å². The number of ether oxygens (including phenoxy) is 1. The number of nitrogens with one attached hydrogen (secondary N) is 2. The molecule has 164 valence electrons. The van der Waals surface area contributed by atoms with Gasteiger partial charge in [0.1, 0.15) is 5.82 Å². The van der Waals surface area contributed by atoms with E-state index in [0.717, 1.165) is 29.4 Å². The average molecular weight is 538 g/mol. The molecule has 1 aromatic heterocycles. The summed E-state index contributed by atoms with van der Waals surface area (Å²) in [6, 6.07) is 6.47. The van der Waals surface area contributed by atoms with E-state index in [1.165, 1.54) is 25.4 Å². The highest BCUT2D eigenvalue weighted by atomic mass is 127. The SMILES string of the molecule is CC(=O)OC1(C2CCCCN2)CN(C(=O)c2ccncc2Nc2ccc(I)cc2F)C1. The first-order valence-electron chi connectivity index (χ1n) is 10.3. The first-order valence-corrected chi connectivity index (χ1v) is 11.3. The van der Waals surface area contributed by atoms with E-state index in [0.29, 0.717) is 24.3 Å². The van der Waals surface area contributed by atoms with Gasteiger partial charge in [-0.25, -0.2) is 4.39 Å². The summed E-state index contributed by atoms with van der Waals surface area (Å²) in [5, 5.41) is 6.42. The maximum atomic E-state index is 14.3. The highest BCUT2D eigenvalue weighted by Crippen LogP contribution is 2.35. The molecule has 0 bridgehead atoms. The van der Waals surface area contributed by atoms with Gasteiger partial charge in [0.05, 0.1) is 42.3 Å². The number of anilines is 2. The largest absolute Gasteiger partial charge is 0.454 e. The van der Waals surface area contributed by atoms with Crippen LogP contribution in [0.5, 0.6) is 0 Å². The van der Waals surface area contributed by atoms with Gasteiger partial charge >= 0.3 is 5.97 Å². The topological polar surface area (TPSA) is 83.6 Å². The van der Waals surface area contributed by atoms with Crippen LogP contribution in [0.4, 0.5) is 15.8 Å². The Bertz CT molecular complexity index is 990. The quantitative estimate of drug-likeness (QED) is 0.449. The zero-order valence-electron chi connectivity index (χ0n) is 17.2. The molecule has 2 aromatic rings. The Labute approximate surface area is 193 Å². The molecule has 0 saturated carbocycles. The number of likely N-dealkylation sites (tertiary alicyclic amines) is 1. The third-order valence-corrected chi connectivity index (χ3v) is 6.42. The summed E-state index contributed by atoms with van der Waals surface area (Å²) >= 11 is 2.04. The number of aromatic nitrogens is 1. The molecule has 2 aliphatic rings. The molecule has 2 N–H and O–H groups in total. The van der Waals surface area contributed by atoms with E-state index in [1.807, 2.05) is 22.6 Å². The van der Waals surface area contributed by atoms with E-state index < -0.39 is 11.4 Å². The molecule has 9 heteroatoms. The molecule has 3 heterocycles. The van der Waals surface area contributed by atoms with Crippen LogP contribution in [-0.2, 0) is 9.53 Å². The Morgan fingerprint density at radius 2 is 2.10 bits per heavy atom. The minimum Gasteiger partial charge on any atom is -0.454 e. The fraction of sp³-hybridized carbons (Fsp3) is 0.409. The van der Waals surface area contributed by atoms with Crippen LogP contribution in [0.3, 0.4) is 0 Å². The Balaban J connectivity index is 1.52. The number of pyridine rings is 1. The number of benzene rings is 1. The van der Waals surface area contributed by atoms with E-state index in [9.17, 15) is 14.0 Å². The van der Waals surface area contributed by atoms with E-state index in [1.54, 1.807) is 23.1 Å². The van der Waals surface area contributed by atoms with Crippen LogP contribution in [0.15, 0.2) is 36.7 Å². The van der Waals surface area contributed by atoms with Crippen LogP contribution >= 0.6 is 22.6 Å². The lowest BCUT2D eigenvalue weighted by atomic mass is 9.81. The molecular formula is C22H24FIN4O3. The number of amides is 1. The number of carbonyl (C=O) groups excluding carboxylic acids is 2. The van der Waals surface area contributed by atoms with Crippen molar-refractivity contribution in [3.63, 3.8) is 0 Å². The number of hydrogen-bond acceptors (Lipinski definition) is 6. The fourth-order valence-corrected chi connectivity index (χ4v) is 4.73. The van der Waals surface area contributed by atoms with Gasteiger partial charge in [-0.2, -0.15) is 0 Å². The van der Waals surface area contributed by atoms with E-state index in [2.05, 4.69) is 15.6 Å². The normalized spacial score (nSPS) is 20.0. The van der Waals surface area contributed by atoms with Crippen molar-refractivity contribution < 1.29 is 18.7 Å². The number of rotatable bonds is 5. The molecule has 2 saturated heterocycles. The zero-order chi connectivity index (χ0) is 22.0. The smallest absolute Gasteiger partial charge is 0.303 e. The summed E-state index contributed by atoms with van der Waals surface area (Å²) in [6.07, 6.45) is 6.10. The average Bonchev–Trinajstić information content (AvgIpc) is 2.73. The predicted molar refractivity (Wildman–Crippen MR) is 123 cm³/mol. The zero-order valence-corrected chi connectivity index (χ0v) is 19.3. The highest BCUT2D eigenvalue weighted by molar-refractivity contribution is 14.1. The van der Waals surface area contributed by atoms with Crippen molar-refractivity contribution in [1.82, 2.24) is 15.2 Å². The molecule has 1 atom stereocenters. The molecule has 1 aromatic carbocycles. The van der Waals surface area contributed by atoms with E-state index in [4.69, 9.17) is 4.74 Å². The summed E-state index contributed by atoms with van der Waals surface area (Å²) in [5.41, 5.74) is 0.381. The molecule has 0 spiro atoms. The van der Waals surface area contributed by atoms with Crippen LogP contribution < -0.4 is 10.6 Å². The Morgan fingerprint density at radius 1 is 1.29 bits per heavy atom. The van der Waals surface area contributed by atoms with E-state index in [-0.39, 0.29) is 23.6 Å². The second-order valence-electron chi connectivity index (χ2n) is 7.99. The maximum Gasteiger partial charge on any atom is 0.303 e. The molecule has 1 unspecified atom stereocenters. The van der Waals surface area contributed by atoms with Crippen LogP contribution in [0.2, 0.25) is 0 Å². The number of esters is 1. The van der Waals surface area contributed by atoms with Crippen molar-refractivity contribution in [2.24, 2.45) is 0 Å². The molecule has 2 aliphatic heterocycles. The number of piperidine rings is 1. The lowest BCUT2D eigenvalue weighted by molar-refractivity contribution is -0.181. The van der Waals surface area contributed by atoms with Gasteiger partial charge in [0.15, 0.2) is 5.60 Å². The van der Waals surface area contributed by atoms with Gasteiger partial charge in [0.25, 0.3) is 5.91 Å². The highest BCUT2D eigenvalue weighted by Gasteiger charge is 2.53. The minimum atomic E-state index is -0.704. The summed E-state index contributed by atoms with van der Waals surface area (Å²) in [7, 11) is 0. The Morgan fingerprint density at radius 3 is 2.77 bits per heavy atom. The van der Waals surface area contributed by atoms with Crippen molar-refractivity contribution >= 4 is 45.8 Å².